The van der Waals surface area contributed by atoms with Crippen molar-refractivity contribution in [3.05, 3.63) is 66.9 Å². The van der Waals surface area contributed by atoms with Crippen LogP contribution in [0.15, 0.2) is 55.6 Å². The Morgan fingerprint density at radius 2 is 2.03 bits per heavy atom. The van der Waals surface area contributed by atoms with E-state index in [2.05, 4.69) is 35.2 Å². The average Bonchev–Trinajstić information content (AvgIpc) is 3.46. The predicted molar refractivity (Wildman–Crippen MR) is 123 cm³/mol. The number of fused-ring (bicyclic) bond motifs is 1. The number of hydrogen-bond acceptors (Lipinski definition) is 6. The zero-order chi connectivity index (χ0) is 21.6. The van der Waals surface area contributed by atoms with Gasteiger partial charge in [-0.15, -0.1) is 0 Å². The Labute approximate surface area is 183 Å². The van der Waals surface area contributed by atoms with Crippen molar-refractivity contribution < 1.29 is 9.47 Å². The summed E-state index contributed by atoms with van der Waals surface area (Å²) in [5, 5.41) is 4.72. The van der Waals surface area contributed by atoms with Crippen molar-refractivity contribution in [2.75, 3.05) is 31.2 Å². The molecule has 0 aromatic carbocycles. The monoisotopic (exact) mass is 421 g/mol. The molecule has 5 heterocycles. The number of allylic oxidation sites excluding steroid dienone is 3. The third-order valence-electron chi connectivity index (χ3n) is 5.67. The summed E-state index contributed by atoms with van der Waals surface area (Å²) in [5.41, 5.74) is 9.18. The van der Waals surface area contributed by atoms with E-state index in [-0.39, 0.29) is 0 Å². The summed E-state index contributed by atoms with van der Waals surface area (Å²) in [6, 6.07) is 4.48. The van der Waals surface area contributed by atoms with E-state index in [1.165, 1.54) is 19.3 Å². The third kappa shape index (κ3) is 5.06. The standard InChI is InChI=1S/C20H22N4O.C4H9NO/c1-3-7-18-15(2)25-14-16-13-24(22-20(16)18)17-8-9-19(21-12-17)23-10-5-4-6-11-23;5-4-1-2-6-3-4/h3,7-9,12-13H,1-2,4-6,10-11,14H2;4H,1-3,5H2/b18-7+;. The summed E-state index contributed by atoms with van der Waals surface area (Å²) in [4.78, 5) is 6.99. The summed E-state index contributed by atoms with van der Waals surface area (Å²) in [6.45, 7) is 12.0. The van der Waals surface area contributed by atoms with E-state index in [4.69, 9.17) is 20.3 Å². The van der Waals surface area contributed by atoms with E-state index in [9.17, 15) is 0 Å². The van der Waals surface area contributed by atoms with Gasteiger partial charge in [-0.25, -0.2) is 9.67 Å². The molecule has 3 aliphatic heterocycles. The zero-order valence-corrected chi connectivity index (χ0v) is 18.0. The van der Waals surface area contributed by atoms with Crippen LogP contribution in [-0.4, -0.2) is 47.1 Å². The molecule has 0 amide bonds. The largest absolute Gasteiger partial charge is 0.489 e. The second-order valence-electron chi connectivity index (χ2n) is 8.02. The molecule has 2 N–H and O–H groups in total. The van der Waals surface area contributed by atoms with Gasteiger partial charge < -0.3 is 20.1 Å². The molecular weight excluding hydrogens is 390 g/mol. The minimum Gasteiger partial charge on any atom is -0.489 e. The Morgan fingerprint density at radius 3 is 2.65 bits per heavy atom. The second kappa shape index (κ2) is 9.94. The SMILES string of the molecule is C=C/C=C1\C(=C)OCc2cn(-c3ccc(N4CCCCC4)nc3)nc21.NC1CCOC1. The van der Waals surface area contributed by atoms with Crippen LogP contribution < -0.4 is 10.6 Å². The first kappa shape index (κ1) is 21.3. The Kier molecular flexibility index (Phi) is 6.84. The van der Waals surface area contributed by atoms with Crippen molar-refractivity contribution in [3.8, 4) is 5.69 Å². The summed E-state index contributed by atoms with van der Waals surface area (Å²) in [6.07, 6.45) is 12.4. The Bertz CT molecular complexity index is 935. The minimum atomic E-state index is 0.324. The first-order chi connectivity index (χ1) is 15.2. The van der Waals surface area contributed by atoms with Gasteiger partial charge in [-0.3, -0.25) is 0 Å². The maximum Gasteiger partial charge on any atom is 0.128 e. The molecular formula is C24H31N5O2. The normalized spacial score (nSPS) is 21.8. The maximum atomic E-state index is 5.63. The van der Waals surface area contributed by atoms with Gasteiger partial charge in [0.15, 0.2) is 0 Å². The second-order valence-corrected chi connectivity index (χ2v) is 8.02. The highest BCUT2D eigenvalue weighted by Gasteiger charge is 2.22. The number of nitrogens with zero attached hydrogens (tertiary/aromatic N) is 4. The molecule has 2 saturated heterocycles. The smallest absolute Gasteiger partial charge is 0.128 e. The van der Waals surface area contributed by atoms with Gasteiger partial charge in [0.25, 0.3) is 0 Å². The number of aromatic nitrogens is 3. The van der Waals surface area contributed by atoms with Gasteiger partial charge in [0, 0.05) is 43.1 Å². The molecule has 5 rings (SSSR count). The van der Waals surface area contributed by atoms with Crippen LogP contribution in [0.25, 0.3) is 11.3 Å². The minimum absolute atomic E-state index is 0.324. The maximum absolute atomic E-state index is 5.63. The number of anilines is 1. The summed E-state index contributed by atoms with van der Waals surface area (Å²) < 4.78 is 12.4. The molecule has 0 spiro atoms. The van der Waals surface area contributed by atoms with Crippen LogP contribution in [0.3, 0.4) is 0 Å². The summed E-state index contributed by atoms with van der Waals surface area (Å²) in [7, 11) is 0. The fraction of sp³-hybridized carbons (Fsp3) is 0.417. The molecule has 31 heavy (non-hydrogen) atoms. The van der Waals surface area contributed by atoms with Crippen molar-refractivity contribution in [2.24, 2.45) is 5.73 Å². The molecule has 0 bridgehead atoms. The lowest BCUT2D eigenvalue weighted by molar-refractivity contribution is 0.194. The van der Waals surface area contributed by atoms with Crippen LogP contribution in [0, 0.1) is 0 Å². The zero-order valence-electron chi connectivity index (χ0n) is 18.0. The van der Waals surface area contributed by atoms with Crippen LogP contribution in [0.2, 0.25) is 0 Å². The van der Waals surface area contributed by atoms with Crippen molar-refractivity contribution in [2.45, 2.75) is 38.3 Å². The summed E-state index contributed by atoms with van der Waals surface area (Å²) in [5.74, 6) is 1.68. The van der Waals surface area contributed by atoms with Crippen molar-refractivity contribution in [1.82, 2.24) is 14.8 Å². The fourth-order valence-corrected chi connectivity index (χ4v) is 3.92. The number of nitrogens with two attached hydrogens (primary N) is 1. The number of pyridine rings is 1. The van der Waals surface area contributed by atoms with Crippen LogP contribution in [0.5, 0.6) is 0 Å². The van der Waals surface area contributed by atoms with Crippen LogP contribution >= 0.6 is 0 Å². The molecule has 3 aliphatic rings. The van der Waals surface area contributed by atoms with E-state index < -0.39 is 0 Å². The van der Waals surface area contributed by atoms with E-state index in [1.54, 1.807) is 6.08 Å². The lowest BCUT2D eigenvalue weighted by atomic mass is 10.0. The summed E-state index contributed by atoms with van der Waals surface area (Å²) >= 11 is 0. The predicted octanol–water partition coefficient (Wildman–Crippen LogP) is 3.60. The molecule has 2 aromatic heterocycles. The lowest BCUT2D eigenvalue weighted by Gasteiger charge is -2.27. The Hall–Kier alpha value is -2.90. The molecule has 1 unspecified atom stereocenters. The van der Waals surface area contributed by atoms with E-state index in [1.807, 2.05) is 23.2 Å². The quantitative estimate of drug-likeness (QED) is 0.816. The van der Waals surface area contributed by atoms with Crippen LogP contribution in [0.1, 0.15) is 36.9 Å². The van der Waals surface area contributed by atoms with E-state index in [0.29, 0.717) is 18.4 Å². The van der Waals surface area contributed by atoms with Crippen molar-refractivity contribution >= 4 is 11.4 Å². The molecule has 2 aromatic rings. The van der Waals surface area contributed by atoms with E-state index >= 15 is 0 Å². The lowest BCUT2D eigenvalue weighted by Crippen LogP contribution is -2.30. The van der Waals surface area contributed by atoms with Gasteiger partial charge in [0.2, 0.25) is 0 Å². The number of rotatable bonds is 3. The Morgan fingerprint density at radius 1 is 1.19 bits per heavy atom. The highest BCUT2D eigenvalue weighted by atomic mass is 16.5. The molecule has 0 radical (unpaired) electrons. The van der Waals surface area contributed by atoms with E-state index in [0.717, 1.165) is 61.1 Å². The third-order valence-corrected chi connectivity index (χ3v) is 5.67. The molecule has 164 valence electrons. The van der Waals surface area contributed by atoms with Crippen LogP contribution in [-0.2, 0) is 16.1 Å². The number of piperidine rings is 1. The van der Waals surface area contributed by atoms with Gasteiger partial charge in [-0.05, 0) is 43.9 Å². The molecule has 0 aliphatic carbocycles. The molecule has 1 atom stereocenters. The first-order valence-electron chi connectivity index (χ1n) is 10.9. The topological polar surface area (TPSA) is 78.4 Å². The highest BCUT2D eigenvalue weighted by molar-refractivity contribution is 5.78. The molecule has 7 heteroatoms. The molecule has 7 nitrogen and oxygen atoms in total. The first-order valence-corrected chi connectivity index (χ1v) is 10.9. The van der Waals surface area contributed by atoms with Gasteiger partial charge in [0.05, 0.1) is 18.5 Å². The van der Waals surface area contributed by atoms with Gasteiger partial charge in [-0.2, -0.15) is 5.10 Å². The average molecular weight is 422 g/mol. The van der Waals surface area contributed by atoms with Crippen molar-refractivity contribution in [1.29, 1.82) is 0 Å². The van der Waals surface area contributed by atoms with Crippen molar-refractivity contribution in [3.63, 3.8) is 0 Å². The fourth-order valence-electron chi connectivity index (χ4n) is 3.92. The highest BCUT2D eigenvalue weighted by Crippen LogP contribution is 2.32. The van der Waals surface area contributed by atoms with Gasteiger partial charge >= 0.3 is 0 Å². The molecule has 2 fully saturated rings. The van der Waals surface area contributed by atoms with Gasteiger partial charge in [0.1, 0.15) is 23.9 Å². The Balaban J connectivity index is 0.000000334. The number of hydrogen-bond donors (Lipinski definition) is 1. The molecule has 0 saturated carbocycles. The van der Waals surface area contributed by atoms with Crippen LogP contribution in [0.4, 0.5) is 5.82 Å². The number of ether oxygens (including phenoxy) is 2. The van der Waals surface area contributed by atoms with Gasteiger partial charge in [-0.1, -0.05) is 19.2 Å².